The average molecular weight is 392 g/mol. The molecule has 106 valence electrons. The monoisotopic (exact) mass is 390 g/mol. The van der Waals surface area contributed by atoms with Crippen molar-refractivity contribution in [1.82, 2.24) is 0 Å². The largest absolute Gasteiger partial charge is 0.207 e. The molecule has 0 amide bonds. The fourth-order valence-electron chi connectivity index (χ4n) is 3.19. The maximum atomic E-state index is 13.4. The van der Waals surface area contributed by atoms with E-state index in [1.54, 1.807) is 6.07 Å². The molecule has 1 aliphatic rings. The van der Waals surface area contributed by atoms with Gasteiger partial charge in [0.15, 0.2) is 0 Å². The molecule has 0 N–H and O–H groups in total. The molecule has 19 heavy (non-hydrogen) atoms. The molecule has 2 rings (SSSR count). The van der Waals surface area contributed by atoms with Gasteiger partial charge in [-0.1, -0.05) is 51.6 Å². The first-order chi connectivity index (χ1) is 9.10. The first kappa shape index (κ1) is 15.5. The van der Waals surface area contributed by atoms with Crippen LogP contribution in [-0.4, -0.2) is 4.83 Å². The van der Waals surface area contributed by atoms with Gasteiger partial charge in [0.2, 0.25) is 0 Å². The van der Waals surface area contributed by atoms with Crippen molar-refractivity contribution in [2.24, 2.45) is 11.8 Å². The third-order valence-electron chi connectivity index (χ3n) is 4.19. The zero-order chi connectivity index (χ0) is 13.8. The van der Waals surface area contributed by atoms with Gasteiger partial charge in [-0.05, 0) is 61.3 Å². The Labute approximate surface area is 132 Å². The maximum absolute atomic E-state index is 13.4. The molecule has 3 heteroatoms. The summed E-state index contributed by atoms with van der Waals surface area (Å²) in [4.78, 5) is 0.579. The van der Waals surface area contributed by atoms with Gasteiger partial charge in [0.05, 0.1) is 0 Å². The highest BCUT2D eigenvalue weighted by atomic mass is 79.9. The van der Waals surface area contributed by atoms with E-state index < -0.39 is 0 Å². The van der Waals surface area contributed by atoms with E-state index in [1.165, 1.54) is 38.2 Å². The highest BCUT2D eigenvalue weighted by Gasteiger charge is 2.28. The van der Waals surface area contributed by atoms with E-state index in [1.807, 2.05) is 6.07 Å². The Balaban J connectivity index is 2.05. The van der Waals surface area contributed by atoms with Crippen LogP contribution >= 0.6 is 31.9 Å². The molecule has 0 saturated heterocycles. The summed E-state index contributed by atoms with van der Waals surface area (Å²) in [6, 6.07) is 5.01. The lowest BCUT2D eigenvalue weighted by Gasteiger charge is -2.33. The van der Waals surface area contributed by atoms with Crippen LogP contribution in [-0.2, 0) is 6.42 Å². The number of hydrogen-bond donors (Lipinski definition) is 0. The number of alkyl halides is 1. The highest BCUT2D eigenvalue weighted by molar-refractivity contribution is 9.10. The van der Waals surface area contributed by atoms with E-state index >= 15 is 0 Å². The Morgan fingerprint density at radius 1 is 1.32 bits per heavy atom. The fourth-order valence-corrected chi connectivity index (χ4v) is 4.26. The Hall–Kier alpha value is 0.110. The maximum Gasteiger partial charge on any atom is 0.123 e. The van der Waals surface area contributed by atoms with Crippen LogP contribution in [0.15, 0.2) is 22.7 Å². The van der Waals surface area contributed by atoms with Crippen LogP contribution in [0.5, 0.6) is 0 Å². The predicted octanol–water partition coefficient (Wildman–Crippen LogP) is 6.11. The van der Waals surface area contributed by atoms with Crippen molar-refractivity contribution in [3.05, 3.63) is 34.1 Å². The zero-order valence-corrected chi connectivity index (χ0v) is 14.5. The quantitative estimate of drug-likeness (QED) is 0.543. The standard InChI is InChI=1S/C16H21Br2F/c1-2-3-11-4-6-15(17)12(8-11)9-13-10-14(19)5-7-16(13)18/h5,7,10-12,15H,2-4,6,8-9H2,1H3. The van der Waals surface area contributed by atoms with Crippen LogP contribution < -0.4 is 0 Å². The smallest absolute Gasteiger partial charge is 0.123 e. The minimum atomic E-state index is -0.134. The van der Waals surface area contributed by atoms with Crippen LogP contribution in [0.4, 0.5) is 4.39 Å². The van der Waals surface area contributed by atoms with Gasteiger partial charge in [-0.2, -0.15) is 0 Å². The molecule has 0 aliphatic heterocycles. The first-order valence-corrected chi connectivity index (χ1v) is 8.89. The minimum Gasteiger partial charge on any atom is -0.207 e. The van der Waals surface area contributed by atoms with Crippen LogP contribution in [0.25, 0.3) is 0 Å². The van der Waals surface area contributed by atoms with Crippen molar-refractivity contribution >= 4 is 31.9 Å². The molecule has 0 nitrogen and oxygen atoms in total. The summed E-state index contributed by atoms with van der Waals surface area (Å²) in [5.41, 5.74) is 1.10. The Bertz CT molecular complexity index is 419. The first-order valence-electron chi connectivity index (χ1n) is 7.18. The molecule has 1 aromatic rings. The Morgan fingerprint density at radius 3 is 2.84 bits per heavy atom. The van der Waals surface area contributed by atoms with Gasteiger partial charge in [0.25, 0.3) is 0 Å². The van der Waals surface area contributed by atoms with Crippen molar-refractivity contribution < 1.29 is 4.39 Å². The second-order valence-electron chi connectivity index (χ2n) is 5.68. The van der Waals surface area contributed by atoms with Crippen molar-refractivity contribution in [1.29, 1.82) is 0 Å². The SMILES string of the molecule is CCCC1CCC(Br)C(Cc2cc(F)ccc2Br)C1. The second-order valence-corrected chi connectivity index (χ2v) is 7.71. The summed E-state index contributed by atoms with van der Waals surface area (Å²) in [5, 5.41) is 0. The lowest BCUT2D eigenvalue weighted by Crippen LogP contribution is -2.27. The lowest BCUT2D eigenvalue weighted by atomic mass is 9.77. The molecule has 1 fully saturated rings. The van der Waals surface area contributed by atoms with Gasteiger partial charge in [0, 0.05) is 9.30 Å². The van der Waals surface area contributed by atoms with E-state index in [0.717, 1.165) is 22.4 Å². The van der Waals surface area contributed by atoms with Gasteiger partial charge < -0.3 is 0 Å². The normalized spacial score (nSPS) is 27.5. The van der Waals surface area contributed by atoms with E-state index in [0.29, 0.717) is 10.7 Å². The summed E-state index contributed by atoms with van der Waals surface area (Å²) in [6.07, 6.45) is 7.43. The van der Waals surface area contributed by atoms with Crippen molar-refractivity contribution in [3.8, 4) is 0 Å². The average Bonchev–Trinajstić information content (AvgIpc) is 2.38. The summed E-state index contributed by atoms with van der Waals surface area (Å²) in [5.74, 6) is 1.35. The van der Waals surface area contributed by atoms with Gasteiger partial charge in [-0.3, -0.25) is 0 Å². The summed E-state index contributed by atoms with van der Waals surface area (Å²) in [6.45, 7) is 2.26. The summed E-state index contributed by atoms with van der Waals surface area (Å²) >= 11 is 7.37. The van der Waals surface area contributed by atoms with E-state index in [4.69, 9.17) is 0 Å². The number of benzene rings is 1. The van der Waals surface area contributed by atoms with Gasteiger partial charge in [0.1, 0.15) is 5.82 Å². The van der Waals surface area contributed by atoms with Crippen molar-refractivity contribution in [2.45, 2.75) is 50.3 Å². The lowest BCUT2D eigenvalue weighted by molar-refractivity contribution is 0.263. The van der Waals surface area contributed by atoms with E-state index in [-0.39, 0.29) is 5.82 Å². The molecule has 0 bridgehead atoms. The Morgan fingerprint density at radius 2 is 2.11 bits per heavy atom. The molecule has 0 heterocycles. The molecule has 0 spiro atoms. The van der Waals surface area contributed by atoms with Crippen LogP contribution in [0.3, 0.4) is 0 Å². The fraction of sp³-hybridized carbons (Fsp3) is 0.625. The number of hydrogen-bond acceptors (Lipinski definition) is 0. The van der Waals surface area contributed by atoms with Crippen LogP contribution in [0.1, 0.15) is 44.6 Å². The summed E-state index contributed by atoms with van der Waals surface area (Å²) in [7, 11) is 0. The number of halogens is 3. The third-order valence-corrected chi connectivity index (χ3v) is 6.16. The van der Waals surface area contributed by atoms with Crippen LogP contribution in [0, 0.1) is 17.7 Å². The molecule has 0 radical (unpaired) electrons. The molecule has 1 aliphatic carbocycles. The van der Waals surface area contributed by atoms with E-state index in [9.17, 15) is 4.39 Å². The molecular formula is C16H21Br2F. The molecule has 0 aromatic heterocycles. The highest BCUT2D eigenvalue weighted by Crippen LogP contribution is 2.38. The molecule has 3 unspecified atom stereocenters. The molecular weight excluding hydrogens is 371 g/mol. The zero-order valence-electron chi connectivity index (χ0n) is 11.3. The Kier molecular flexibility index (Phi) is 5.88. The third kappa shape index (κ3) is 4.29. The molecule has 1 saturated carbocycles. The minimum absolute atomic E-state index is 0.134. The van der Waals surface area contributed by atoms with Crippen molar-refractivity contribution in [2.75, 3.05) is 0 Å². The number of rotatable bonds is 4. The van der Waals surface area contributed by atoms with E-state index in [2.05, 4.69) is 38.8 Å². The summed E-state index contributed by atoms with van der Waals surface area (Å²) < 4.78 is 14.4. The van der Waals surface area contributed by atoms with Gasteiger partial charge >= 0.3 is 0 Å². The molecule has 1 aromatic carbocycles. The van der Waals surface area contributed by atoms with Gasteiger partial charge in [-0.15, -0.1) is 0 Å². The molecule has 3 atom stereocenters. The predicted molar refractivity (Wildman–Crippen MR) is 86.3 cm³/mol. The van der Waals surface area contributed by atoms with Crippen LogP contribution in [0.2, 0.25) is 0 Å². The second kappa shape index (κ2) is 7.21. The van der Waals surface area contributed by atoms with Crippen molar-refractivity contribution in [3.63, 3.8) is 0 Å². The topological polar surface area (TPSA) is 0 Å². The van der Waals surface area contributed by atoms with Gasteiger partial charge in [-0.25, -0.2) is 4.39 Å².